The van der Waals surface area contributed by atoms with Gasteiger partial charge in [0.25, 0.3) is 11.9 Å². The molecule has 2 aromatic carbocycles. The van der Waals surface area contributed by atoms with Crippen LogP contribution in [0.5, 0.6) is 17.2 Å². The highest BCUT2D eigenvalue weighted by molar-refractivity contribution is 5.72. The smallest absolute Gasteiger partial charge is 0.300 e. The third kappa shape index (κ3) is 52.2. The van der Waals surface area contributed by atoms with Gasteiger partial charge in [0.1, 0.15) is 5.75 Å². The van der Waals surface area contributed by atoms with E-state index < -0.39 is 11.9 Å². The van der Waals surface area contributed by atoms with Crippen LogP contribution in [0.4, 0.5) is 0 Å². The molecule has 0 bridgehead atoms. The van der Waals surface area contributed by atoms with E-state index in [0.29, 0.717) is 5.75 Å². The second kappa shape index (κ2) is 25.4. The Labute approximate surface area is 192 Å². The lowest BCUT2D eigenvalue weighted by Crippen LogP contribution is -2.20. The van der Waals surface area contributed by atoms with Gasteiger partial charge in [-0.05, 0) is 24.3 Å². The number of benzene rings is 2. The van der Waals surface area contributed by atoms with Gasteiger partial charge in [0.15, 0.2) is 23.4 Å². The van der Waals surface area contributed by atoms with Crippen molar-refractivity contribution >= 4 is 23.9 Å². The number of nitrogens with two attached hydrogens (primary N) is 4. The fraction of sp³-hybridized carbons (Fsp3) is 0.200. The Kier molecular flexibility index (Phi) is 27.5. The van der Waals surface area contributed by atoms with Crippen molar-refractivity contribution in [1.29, 1.82) is 10.8 Å². The first-order valence-electron chi connectivity index (χ1n) is 8.70. The molecule has 0 heterocycles. The summed E-state index contributed by atoms with van der Waals surface area (Å²) in [5.74, 6) is -0.731. The molecule has 0 aliphatic carbocycles. The third-order valence-electron chi connectivity index (χ3n) is 2.06. The van der Waals surface area contributed by atoms with Crippen LogP contribution in [-0.4, -0.2) is 53.4 Å². The molecular weight excluding hydrogens is 436 g/mol. The predicted molar refractivity (Wildman–Crippen MR) is 126 cm³/mol. The summed E-state index contributed by atoms with van der Waals surface area (Å²) in [5, 5.41) is 35.9. The molecule has 0 amide bonds. The Balaban J connectivity index is -0.000000161. The molecular formula is C20H34N6O7. The number of guanidine groups is 2. The maximum Gasteiger partial charge on any atom is 0.300 e. The van der Waals surface area contributed by atoms with Crippen molar-refractivity contribution in [3.05, 3.63) is 54.6 Å². The van der Waals surface area contributed by atoms with E-state index in [0.717, 1.165) is 19.6 Å². The number of ether oxygens (including phenoxy) is 2. The van der Waals surface area contributed by atoms with E-state index >= 15 is 0 Å². The van der Waals surface area contributed by atoms with Crippen molar-refractivity contribution in [3.8, 4) is 17.2 Å². The van der Waals surface area contributed by atoms with E-state index in [1.165, 1.54) is 7.11 Å². The number of aromatic hydroxyl groups is 1. The maximum atomic E-state index is 9.00. The van der Waals surface area contributed by atoms with Crippen molar-refractivity contribution < 1.29 is 34.4 Å². The van der Waals surface area contributed by atoms with Crippen molar-refractivity contribution in [2.45, 2.75) is 13.8 Å². The molecule has 13 N–H and O–H groups in total. The Morgan fingerprint density at radius 2 is 1.03 bits per heavy atom. The summed E-state index contributed by atoms with van der Waals surface area (Å²) in [6.07, 6.45) is 0. The Morgan fingerprint density at radius 1 is 0.727 bits per heavy atom. The van der Waals surface area contributed by atoms with Crippen molar-refractivity contribution in [2.24, 2.45) is 22.9 Å². The standard InChI is InChI=1S/C7H8O2.C7H8O.2C2H4O2.2CH5N3/c1-9-7-5-3-2-4-6(7)8;1-8-7-5-3-2-4-6-7;2*1-2(3)4;2*2-1(3)4/h2-5,8H,1H3;2-6H,1H3;2*1H3,(H,3,4);2*(H5,2,3,4). The second-order valence-corrected chi connectivity index (χ2v) is 5.14. The van der Waals surface area contributed by atoms with Crippen molar-refractivity contribution in [3.63, 3.8) is 0 Å². The predicted octanol–water partition coefficient (Wildman–Crippen LogP) is 0.955. The first-order chi connectivity index (χ1) is 15.2. The number of hydrogen-bond donors (Lipinski definition) is 9. The van der Waals surface area contributed by atoms with Crippen LogP contribution < -0.4 is 32.4 Å². The molecule has 0 aromatic heterocycles. The normalized spacial score (nSPS) is 7.52. The van der Waals surface area contributed by atoms with Crippen LogP contribution >= 0.6 is 0 Å². The van der Waals surface area contributed by atoms with Gasteiger partial charge in [-0.3, -0.25) is 20.4 Å². The van der Waals surface area contributed by atoms with Crippen LogP contribution in [0.25, 0.3) is 0 Å². The molecule has 0 saturated carbocycles. The fourth-order valence-corrected chi connectivity index (χ4v) is 1.19. The molecule has 0 aliphatic rings. The summed E-state index contributed by atoms with van der Waals surface area (Å²) in [5.41, 5.74) is 17.9. The number of rotatable bonds is 2. The summed E-state index contributed by atoms with van der Waals surface area (Å²) in [6.45, 7) is 2.17. The molecule has 0 atom stereocenters. The fourth-order valence-electron chi connectivity index (χ4n) is 1.19. The van der Waals surface area contributed by atoms with E-state index in [-0.39, 0.29) is 17.7 Å². The molecule has 186 valence electrons. The average Bonchev–Trinajstić information content (AvgIpc) is 2.68. The summed E-state index contributed by atoms with van der Waals surface area (Å²) < 4.78 is 9.71. The molecule has 0 spiro atoms. The van der Waals surface area contributed by atoms with Gasteiger partial charge in [-0.25, -0.2) is 0 Å². The molecule has 2 rings (SSSR count). The average molecular weight is 471 g/mol. The van der Waals surface area contributed by atoms with E-state index in [9.17, 15) is 0 Å². The summed E-state index contributed by atoms with van der Waals surface area (Å²) in [4.78, 5) is 18.0. The van der Waals surface area contributed by atoms with Crippen molar-refractivity contribution in [2.75, 3.05) is 14.2 Å². The second-order valence-electron chi connectivity index (χ2n) is 5.14. The van der Waals surface area contributed by atoms with Gasteiger partial charge in [-0.1, -0.05) is 30.3 Å². The molecule has 13 nitrogen and oxygen atoms in total. The van der Waals surface area contributed by atoms with E-state index in [2.05, 4.69) is 22.9 Å². The highest BCUT2D eigenvalue weighted by Crippen LogP contribution is 2.23. The SMILES string of the molecule is CC(=O)O.CC(=O)O.COc1ccccc1.COc1ccccc1O.N=C(N)N.N=C(N)N. The largest absolute Gasteiger partial charge is 0.504 e. The van der Waals surface area contributed by atoms with E-state index in [1.807, 2.05) is 30.3 Å². The summed E-state index contributed by atoms with van der Waals surface area (Å²) in [6, 6.07) is 16.5. The van der Waals surface area contributed by atoms with Crippen molar-refractivity contribution in [1.82, 2.24) is 0 Å². The number of methoxy groups -OCH3 is 2. The number of para-hydroxylation sites is 3. The highest BCUT2D eigenvalue weighted by atomic mass is 16.5. The number of phenols is 1. The van der Waals surface area contributed by atoms with Crippen LogP contribution in [-0.2, 0) is 9.59 Å². The zero-order chi connectivity index (χ0) is 26.8. The Hall–Kier alpha value is -4.68. The van der Waals surface area contributed by atoms with Crippen LogP contribution in [0, 0.1) is 10.8 Å². The van der Waals surface area contributed by atoms with Gasteiger partial charge >= 0.3 is 0 Å². The van der Waals surface area contributed by atoms with Gasteiger partial charge in [0.05, 0.1) is 14.2 Å². The summed E-state index contributed by atoms with van der Waals surface area (Å²) >= 11 is 0. The molecule has 0 radical (unpaired) electrons. The van der Waals surface area contributed by atoms with Gasteiger partial charge in [-0.2, -0.15) is 0 Å². The number of carboxylic acids is 2. The third-order valence-corrected chi connectivity index (χ3v) is 2.06. The molecule has 0 saturated heterocycles. The van der Waals surface area contributed by atoms with Gasteiger partial charge < -0.3 is 47.7 Å². The van der Waals surface area contributed by atoms with E-state index in [1.54, 1.807) is 31.4 Å². The quantitative estimate of drug-likeness (QED) is 0.220. The zero-order valence-electron chi connectivity index (χ0n) is 19.0. The first kappa shape index (κ1) is 35.7. The number of carbonyl (C=O) groups is 2. The number of hydrogen-bond acceptors (Lipinski definition) is 7. The van der Waals surface area contributed by atoms with Gasteiger partial charge in [0, 0.05) is 13.8 Å². The van der Waals surface area contributed by atoms with Crippen LogP contribution in [0.1, 0.15) is 13.8 Å². The first-order valence-corrected chi connectivity index (χ1v) is 8.70. The number of nitrogens with one attached hydrogen (secondary N) is 2. The minimum absolute atomic E-state index is 0.181. The summed E-state index contributed by atoms with van der Waals surface area (Å²) in [7, 11) is 3.18. The van der Waals surface area contributed by atoms with Crippen LogP contribution in [0.2, 0.25) is 0 Å². The zero-order valence-corrected chi connectivity index (χ0v) is 19.0. The number of aliphatic carboxylic acids is 2. The maximum absolute atomic E-state index is 9.00. The minimum atomic E-state index is -0.833. The molecule has 0 aliphatic heterocycles. The monoisotopic (exact) mass is 470 g/mol. The van der Waals surface area contributed by atoms with E-state index in [4.69, 9.17) is 45.2 Å². The lowest BCUT2D eigenvalue weighted by atomic mass is 10.3. The lowest BCUT2D eigenvalue weighted by molar-refractivity contribution is -0.135. The van der Waals surface area contributed by atoms with Gasteiger partial charge in [-0.15, -0.1) is 0 Å². The Morgan fingerprint density at radius 3 is 1.24 bits per heavy atom. The topological polar surface area (TPSA) is 265 Å². The Bertz CT molecular complexity index is 725. The number of phenolic OH excluding ortho intramolecular Hbond substituents is 1. The van der Waals surface area contributed by atoms with Gasteiger partial charge in [0.2, 0.25) is 0 Å². The minimum Gasteiger partial charge on any atom is -0.504 e. The molecule has 13 heteroatoms. The lowest BCUT2D eigenvalue weighted by Gasteiger charge is -1.99. The van der Waals surface area contributed by atoms with Crippen LogP contribution in [0.3, 0.4) is 0 Å². The molecule has 0 unspecified atom stereocenters. The molecule has 0 fully saturated rings. The number of carboxylic acid groups (broad SMARTS) is 2. The molecule has 33 heavy (non-hydrogen) atoms. The molecule has 2 aromatic rings. The van der Waals surface area contributed by atoms with Crippen LogP contribution in [0.15, 0.2) is 54.6 Å². The highest BCUT2D eigenvalue weighted by Gasteiger charge is 1.94.